The van der Waals surface area contributed by atoms with Crippen LogP contribution in [-0.2, 0) is 28.9 Å². The molecular formula is C11H15FN2O10S2. The number of aliphatic hydroxyl groups is 2. The minimum Gasteiger partial charge on any atom is -0.387 e. The number of aromatic amines is 1. The van der Waals surface area contributed by atoms with Gasteiger partial charge in [-0.2, -0.15) is 12.8 Å². The van der Waals surface area contributed by atoms with E-state index in [-0.39, 0.29) is 0 Å². The molecule has 2 rings (SSSR count). The van der Waals surface area contributed by atoms with E-state index in [1.54, 1.807) is 4.98 Å². The van der Waals surface area contributed by atoms with E-state index in [0.717, 1.165) is 0 Å². The van der Waals surface area contributed by atoms with Crippen molar-refractivity contribution in [2.45, 2.75) is 30.0 Å². The fourth-order valence-electron chi connectivity index (χ4n) is 2.33. The van der Waals surface area contributed by atoms with Gasteiger partial charge in [0.05, 0.1) is 12.5 Å². The predicted molar refractivity (Wildman–Crippen MR) is 81.8 cm³/mol. The van der Waals surface area contributed by atoms with Crippen LogP contribution in [0, 0.1) is 5.82 Å². The molecule has 148 valence electrons. The summed E-state index contributed by atoms with van der Waals surface area (Å²) in [5, 5.41) is 20.1. The Balaban J connectivity index is 2.47. The molecule has 0 amide bonds. The SMILES string of the molecule is CS(=O)(=O)OC([C@H]1O[C@@H](n2cc(F)c(=O)[nH]c2=O)[C@H](O)[C@@H]1O)S(C)(=O)=O. The van der Waals surface area contributed by atoms with Crippen LogP contribution in [-0.4, -0.2) is 72.9 Å². The normalized spacial score (nSPS) is 28.2. The lowest BCUT2D eigenvalue weighted by Crippen LogP contribution is -2.45. The highest BCUT2D eigenvalue weighted by Gasteiger charge is 2.52. The van der Waals surface area contributed by atoms with Gasteiger partial charge in [0.1, 0.15) is 18.3 Å². The van der Waals surface area contributed by atoms with E-state index in [9.17, 15) is 41.0 Å². The minimum absolute atomic E-state index is 0.379. The molecule has 0 radical (unpaired) electrons. The molecule has 15 heteroatoms. The number of nitrogens with one attached hydrogen (secondary N) is 1. The zero-order chi connectivity index (χ0) is 20.0. The monoisotopic (exact) mass is 418 g/mol. The maximum Gasteiger partial charge on any atom is 0.330 e. The second-order valence-corrected chi connectivity index (χ2v) is 9.34. The minimum atomic E-state index is -4.32. The van der Waals surface area contributed by atoms with Crippen molar-refractivity contribution in [2.24, 2.45) is 0 Å². The van der Waals surface area contributed by atoms with E-state index in [0.29, 0.717) is 23.3 Å². The first-order valence-corrected chi connectivity index (χ1v) is 10.6. The van der Waals surface area contributed by atoms with Gasteiger partial charge in [0, 0.05) is 6.26 Å². The van der Waals surface area contributed by atoms with E-state index in [4.69, 9.17) is 4.74 Å². The van der Waals surface area contributed by atoms with Crippen LogP contribution >= 0.6 is 0 Å². The molecule has 26 heavy (non-hydrogen) atoms. The Morgan fingerprint density at radius 3 is 2.31 bits per heavy atom. The van der Waals surface area contributed by atoms with Crippen LogP contribution in [0.15, 0.2) is 15.8 Å². The number of aliphatic hydroxyl groups excluding tert-OH is 2. The summed E-state index contributed by atoms with van der Waals surface area (Å²) in [5.41, 5.74) is -4.80. The van der Waals surface area contributed by atoms with Crippen LogP contribution in [0.1, 0.15) is 6.23 Å². The van der Waals surface area contributed by atoms with Gasteiger partial charge in [-0.25, -0.2) is 17.4 Å². The number of rotatable bonds is 5. The summed E-state index contributed by atoms with van der Waals surface area (Å²) in [6, 6.07) is 0. The zero-order valence-corrected chi connectivity index (χ0v) is 14.9. The van der Waals surface area contributed by atoms with Gasteiger partial charge >= 0.3 is 5.69 Å². The molecule has 2 heterocycles. The van der Waals surface area contributed by atoms with Crippen molar-refractivity contribution in [3.8, 4) is 0 Å². The van der Waals surface area contributed by atoms with Gasteiger partial charge in [0.2, 0.25) is 11.3 Å². The molecule has 12 nitrogen and oxygen atoms in total. The van der Waals surface area contributed by atoms with Crippen LogP contribution in [0.2, 0.25) is 0 Å². The van der Waals surface area contributed by atoms with Crippen molar-refractivity contribution in [1.29, 1.82) is 0 Å². The Kier molecular flexibility index (Phi) is 5.42. The van der Waals surface area contributed by atoms with Gasteiger partial charge in [-0.05, 0) is 0 Å². The largest absolute Gasteiger partial charge is 0.387 e. The molecule has 0 bridgehead atoms. The summed E-state index contributed by atoms with van der Waals surface area (Å²) in [7, 11) is -8.60. The molecular weight excluding hydrogens is 403 g/mol. The molecule has 1 saturated heterocycles. The molecule has 5 atom stereocenters. The van der Waals surface area contributed by atoms with Gasteiger partial charge in [-0.3, -0.25) is 14.3 Å². The summed E-state index contributed by atoms with van der Waals surface area (Å²) in [4.78, 5) is 24.4. The molecule has 0 spiro atoms. The van der Waals surface area contributed by atoms with Gasteiger partial charge in [0.25, 0.3) is 15.7 Å². The molecule has 0 saturated carbocycles. The summed E-state index contributed by atoms with van der Waals surface area (Å²) in [5.74, 6) is -1.41. The van der Waals surface area contributed by atoms with Crippen LogP contribution in [0.5, 0.6) is 0 Å². The molecule has 1 aromatic rings. The smallest absolute Gasteiger partial charge is 0.330 e. The standard InChI is InChI=1S/C11H15FN2O10S2/c1-25(19,20)10(24-26(2,21)22)7-5(15)6(16)9(23-7)14-3-4(12)8(17)13-11(14)18/h3,5-7,9-10,15-16H,1-2H3,(H,13,17,18)/t5-,6+,7-,9+,10?/m0/s1. The second-order valence-electron chi connectivity index (χ2n) is 5.61. The highest BCUT2D eigenvalue weighted by molar-refractivity contribution is 7.92. The van der Waals surface area contributed by atoms with E-state index in [2.05, 4.69) is 4.18 Å². The Morgan fingerprint density at radius 2 is 1.81 bits per heavy atom. The molecule has 0 aromatic carbocycles. The lowest BCUT2D eigenvalue weighted by atomic mass is 10.1. The third-order valence-corrected chi connectivity index (χ3v) is 5.32. The zero-order valence-electron chi connectivity index (χ0n) is 13.3. The summed E-state index contributed by atoms with van der Waals surface area (Å²) in [6.07, 6.45) is -6.18. The number of H-pyrrole nitrogens is 1. The maximum absolute atomic E-state index is 13.4. The molecule has 1 aliphatic rings. The van der Waals surface area contributed by atoms with Crippen molar-refractivity contribution in [3.63, 3.8) is 0 Å². The summed E-state index contributed by atoms with van der Waals surface area (Å²) >= 11 is 0. The Bertz CT molecular complexity index is 1010. The average molecular weight is 418 g/mol. The number of aromatic nitrogens is 2. The predicted octanol–water partition coefficient (Wildman–Crippen LogP) is -3.36. The van der Waals surface area contributed by atoms with Gasteiger partial charge in [-0.1, -0.05) is 0 Å². The third-order valence-electron chi connectivity index (χ3n) is 3.43. The first-order valence-electron chi connectivity index (χ1n) is 6.82. The summed E-state index contributed by atoms with van der Waals surface area (Å²) in [6.45, 7) is 0. The number of hydrogen-bond donors (Lipinski definition) is 3. The van der Waals surface area contributed by atoms with E-state index in [1.165, 1.54) is 0 Å². The molecule has 1 unspecified atom stereocenters. The first kappa shape index (κ1) is 20.7. The van der Waals surface area contributed by atoms with E-state index in [1.807, 2.05) is 0 Å². The van der Waals surface area contributed by atoms with Crippen LogP contribution in [0.3, 0.4) is 0 Å². The van der Waals surface area contributed by atoms with Crippen LogP contribution in [0.4, 0.5) is 4.39 Å². The number of nitrogens with zero attached hydrogens (tertiary/aromatic N) is 1. The Morgan fingerprint density at radius 1 is 1.23 bits per heavy atom. The summed E-state index contributed by atoms with van der Waals surface area (Å²) < 4.78 is 69.5. The van der Waals surface area contributed by atoms with Crippen LogP contribution in [0.25, 0.3) is 0 Å². The number of ether oxygens (including phenoxy) is 1. The topological polar surface area (TPSA) is 182 Å². The quantitative estimate of drug-likeness (QED) is 0.408. The van der Waals surface area contributed by atoms with Gasteiger partial charge in [-0.15, -0.1) is 0 Å². The lowest BCUT2D eigenvalue weighted by molar-refractivity contribution is -0.0593. The highest BCUT2D eigenvalue weighted by atomic mass is 32.2. The van der Waals surface area contributed by atoms with Crippen molar-refractivity contribution >= 4 is 20.0 Å². The molecule has 1 aliphatic heterocycles. The Labute approximate surface area is 145 Å². The van der Waals surface area contributed by atoms with Crippen molar-refractivity contribution < 1.29 is 40.4 Å². The molecule has 3 N–H and O–H groups in total. The fourth-order valence-corrected chi connectivity index (χ4v) is 4.50. The molecule has 1 aromatic heterocycles. The van der Waals surface area contributed by atoms with Crippen molar-refractivity contribution in [1.82, 2.24) is 9.55 Å². The molecule has 1 fully saturated rings. The first-order chi connectivity index (χ1) is 11.7. The van der Waals surface area contributed by atoms with Gasteiger partial charge in [0.15, 0.2) is 16.1 Å². The van der Waals surface area contributed by atoms with Gasteiger partial charge < -0.3 is 14.9 Å². The number of sulfone groups is 1. The lowest BCUT2D eigenvalue weighted by Gasteiger charge is -2.23. The van der Waals surface area contributed by atoms with Crippen molar-refractivity contribution in [2.75, 3.05) is 12.5 Å². The second kappa shape index (κ2) is 6.82. The van der Waals surface area contributed by atoms with E-state index < -0.39 is 67.0 Å². The average Bonchev–Trinajstić information content (AvgIpc) is 2.75. The highest BCUT2D eigenvalue weighted by Crippen LogP contribution is 2.33. The van der Waals surface area contributed by atoms with Crippen LogP contribution < -0.4 is 11.2 Å². The number of hydrogen-bond acceptors (Lipinski definition) is 10. The number of halogens is 1. The maximum atomic E-state index is 13.4. The third kappa shape index (κ3) is 4.18. The van der Waals surface area contributed by atoms with E-state index >= 15 is 0 Å². The van der Waals surface area contributed by atoms with Crippen molar-refractivity contribution in [3.05, 3.63) is 32.9 Å². The fraction of sp³-hybridized carbons (Fsp3) is 0.636. The molecule has 0 aliphatic carbocycles. The Hall–Kier alpha value is -1.65.